The highest BCUT2D eigenvalue weighted by molar-refractivity contribution is 9.10. The van der Waals surface area contributed by atoms with Crippen molar-refractivity contribution in [1.82, 2.24) is 0 Å². The van der Waals surface area contributed by atoms with Crippen LogP contribution < -0.4 is 31.1 Å². The molecule has 8 aromatic carbocycles. The van der Waals surface area contributed by atoms with Crippen molar-refractivity contribution in [2.75, 3.05) is 37.0 Å². The Morgan fingerprint density at radius 3 is 0.920 bits per heavy atom. The fourth-order valence-corrected chi connectivity index (χ4v) is 31.9. The van der Waals surface area contributed by atoms with Crippen LogP contribution in [0.15, 0.2) is 248 Å². The molecule has 0 radical (unpaired) electrons. The summed E-state index contributed by atoms with van der Waals surface area (Å²) in [6.45, 7) is 20.1. The van der Waals surface area contributed by atoms with Crippen LogP contribution in [0.1, 0.15) is 95.7 Å². The highest BCUT2D eigenvalue weighted by Crippen LogP contribution is 2.40. The van der Waals surface area contributed by atoms with Gasteiger partial charge in [-0.1, -0.05) is 339 Å². The summed E-state index contributed by atoms with van der Waals surface area (Å²) in [7, 11) is -14.3. The van der Waals surface area contributed by atoms with E-state index in [1.165, 1.54) is 54.8 Å². The maximum absolute atomic E-state index is 13.9. The Labute approximate surface area is 562 Å². The minimum absolute atomic E-state index is 0. The Morgan fingerprint density at radius 2 is 0.678 bits per heavy atom. The minimum atomic E-state index is -2.69. The van der Waals surface area contributed by atoms with Crippen LogP contribution in [0.25, 0.3) is 0 Å². The largest absolute Gasteiger partial charge is 0.266 e. The Hall–Kier alpha value is -4.01. The first-order valence-electron chi connectivity index (χ1n) is 27.7. The molecule has 8 aromatic rings. The molecule has 6 nitrogen and oxygen atoms in total. The fraction of sp³-hybridized carbons (Fsp3) is 0.324. The number of halogens is 4. The lowest BCUT2D eigenvalue weighted by Crippen LogP contribution is -2.63. The van der Waals surface area contributed by atoms with Gasteiger partial charge in [0, 0.05) is 80.5 Å². The van der Waals surface area contributed by atoms with E-state index in [9.17, 15) is 12.6 Å². The van der Waals surface area contributed by atoms with E-state index in [0.29, 0.717) is 5.75 Å². The van der Waals surface area contributed by atoms with Gasteiger partial charge < -0.3 is 0 Å². The van der Waals surface area contributed by atoms with Crippen molar-refractivity contribution in [3.05, 3.63) is 251 Å². The van der Waals surface area contributed by atoms with Gasteiger partial charge in [0.15, 0.2) is 0 Å². The Bertz CT molecular complexity index is 3540. The predicted octanol–water partition coefficient (Wildman–Crippen LogP) is 18.3. The molecule has 0 fully saturated rings. The van der Waals surface area contributed by atoms with Crippen molar-refractivity contribution in [2.45, 2.75) is 111 Å². The predicted molar refractivity (Wildman–Crippen MR) is 410 cm³/mol. The van der Waals surface area contributed by atoms with Crippen LogP contribution in [0.4, 0.5) is 0 Å². The zero-order valence-corrected chi connectivity index (χ0v) is 62.4. The molecule has 0 bridgehead atoms. The number of nitrogens with zero attached hydrogens (tertiary/aromatic N) is 2. The normalized spacial score (nSPS) is 12.4. The first kappa shape index (κ1) is 81.0. The van der Waals surface area contributed by atoms with Gasteiger partial charge in [-0.15, -0.1) is 0 Å². The number of rotatable bonds is 12. The summed E-state index contributed by atoms with van der Waals surface area (Å²) >= 11 is 17.5. The summed E-state index contributed by atoms with van der Waals surface area (Å²) < 4.78 is 55.4. The quantitative estimate of drug-likeness (QED) is 0.0749. The zero-order chi connectivity index (χ0) is 62.7. The molecule has 0 saturated carbocycles. The fourth-order valence-electron chi connectivity index (χ4n) is 9.92. The third-order valence-corrected chi connectivity index (χ3v) is 38.1. The van der Waals surface area contributed by atoms with Gasteiger partial charge >= 0.3 is 0 Å². The Balaban J connectivity index is 0.000000589. The van der Waals surface area contributed by atoms with E-state index in [1.54, 1.807) is 12.5 Å². The summed E-state index contributed by atoms with van der Waals surface area (Å²) in [6.07, 6.45) is 8.83. The molecule has 0 saturated heterocycles. The van der Waals surface area contributed by atoms with Crippen LogP contribution in [-0.4, -0.2) is 73.5 Å². The van der Waals surface area contributed by atoms with Gasteiger partial charge in [0.05, 0.1) is 0 Å². The van der Waals surface area contributed by atoms with Crippen LogP contribution >= 0.6 is 58.9 Å². The summed E-state index contributed by atoms with van der Waals surface area (Å²) in [6, 6.07) is 79.3. The number of aryl methyl sites for hydroxylation is 1. The second kappa shape index (κ2) is 35.6. The van der Waals surface area contributed by atoms with Crippen LogP contribution in [0.5, 0.6) is 0 Å². The second-order valence-corrected chi connectivity index (χ2v) is 49.3. The van der Waals surface area contributed by atoms with Gasteiger partial charge in [0.25, 0.3) is 16.5 Å². The molecule has 1 atom stereocenters. The van der Waals surface area contributed by atoms with E-state index < -0.39 is 53.0 Å². The van der Waals surface area contributed by atoms with Crippen molar-refractivity contribution in [2.24, 2.45) is 8.06 Å². The lowest BCUT2D eigenvalue weighted by Gasteiger charge is -2.40. The molecule has 0 aliphatic carbocycles. The summed E-state index contributed by atoms with van der Waals surface area (Å²) in [5.74, 6) is 0.550. The van der Waals surface area contributed by atoms with E-state index in [0.717, 1.165) is 20.7 Å². The standard InChI is InChI=1S/C25H30BrNOSSi.C18H25NOSSi.C16H19ClSi.C7H6Br2.C2H7NOS.3CH4/c1-25(2,3)30(23-14-7-5-8-15-23,24-16-9-6-10-17-24)27-29(4,28)19-18-21-12-11-13-22(26)20-21;1-18(2,3)22(19-21(4,5)20,16-12-8-6-9-13-16)17-14-10-7-11-15-17;1-16(2,3)18(17,14-10-6-4-7-11-14)15-12-8-5-9-13-15;8-5-6-2-1-3-7(9)4-6;1-5(2,3)4;;;/h5-17,20H,18-19H2,1-4H3;6-15H,1-5H3;4-13H,1-3H3;1-4H,5H2;3H,1-2H3;3*1H4. The number of nitrogens with one attached hydrogen (secondary N) is 1. The van der Waals surface area contributed by atoms with Gasteiger partial charge in [0.1, 0.15) is 0 Å². The van der Waals surface area contributed by atoms with Crippen LogP contribution in [0.3, 0.4) is 0 Å². The molecule has 0 heterocycles. The van der Waals surface area contributed by atoms with E-state index in [2.05, 4.69) is 280 Å². The smallest absolute Gasteiger partial charge is 0.259 e. The number of benzene rings is 8. The topological polar surface area (TPSA) is 99.8 Å². The van der Waals surface area contributed by atoms with Gasteiger partial charge in [-0.2, -0.15) is 11.1 Å². The summed E-state index contributed by atoms with van der Waals surface area (Å²) in [5.41, 5.74) is 2.47. The van der Waals surface area contributed by atoms with E-state index in [1.807, 2.05) is 66.9 Å². The summed E-state index contributed by atoms with van der Waals surface area (Å²) in [4.78, 5) is 0. The lowest BCUT2D eigenvalue weighted by molar-refractivity contribution is 0.678. The maximum atomic E-state index is 13.9. The second-order valence-electron chi connectivity index (χ2n) is 24.4. The molecule has 87 heavy (non-hydrogen) atoms. The summed E-state index contributed by atoms with van der Waals surface area (Å²) in [5, 5.41) is 8.19. The van der Waals surface area contributed by atoms with E-state index in [4.69, 9.17) is 23.9 Å². The molecule has 0 aliphatic heterocycles. The SMILES string of the molecule is BrCc1cccc(Br)c1.C.C.C.CC(C)(C)[Si](Cl)(c1ccccc1)c1ccccc1.CC(C)(C)[Si](N=S(C)(=O)CCc1cccc(Br)c1)(c1ccccc1)c1ccccc1.CC(C)(C)[Si](N=S(C)(C)=O)(c1ccccc1)c1ccccc1.CS(C)(=N)=O. The zero-order valence-electron chi connectivity index (χ0n) is 51.4. The Kier molecular flexibility index (Phi) is 33.1. The number of hydrogen-bond acceptors (Lipinski definition) is 6. The molecule has 0 aromatic heterocycles. The molecular weight excluding hydrogens is 1400 g/mol. The van der Waals surface area contributed by atoms with Crippen LogP contribution in [0.2, 0.25) is 15.1 Å². The molecule has 474 valence electrons. The molecule has 0 aliphatic rings. The molecule has 16 heteroatoms. The van der Waals surface area contributed by atoms with Crippen LogP contribution in [-0.2, 0) is 40.9 Å². The molecule has 1 N–H and O–H groups in total. The van der Waals surface area contributed by atoms with Gasteiger partial charge in [0.2, 0.25) is 7.38 Å². The first-order valence-corrected chi connectivity index (χ1v) is 44.2. The first-order chi connectivity index (χ1) is 39.1. The van der Waals surface area contributed by atoms with Crippen molar-refractivity contribution in [1.29, 1.82) is 4.78 Å². The maximum Gasteiger partial charge on any atom is 0.259 e. The highest BCUT2D eigenvalue weighted by atomic mass is 79.9. The minimum Gasteiger partial charge on any atom is -0.266 e. The lowest BCUT2D eigenvalue weighted by atomic mass is 10.2. The van der Waals surface area contributed by atoms with Crippen molar-refractivity contribution < 1.29 is 12.6 Å². The molecule has 0 amide bonds. The number of alkyl halides is 1. The molecular formula is C71H99Br3ClN3O3S3Si3. The van der Waals surface area contributed by atoms with Gasteiger partial charge in [-0.05, 0) is 88.0 Å². The van der Waals surface area contributed by atoms with Crippen LogP contribution in [0, 0.1) is 4.78 Å². The van der Waals surface area contributed by atoms with Crippen molar-refractivity contribution in [3.8, 4) is 0 Å². The van der Waals surface area contributed by atoms with E-state index in [-0.39, 0.29) is 37.4 Å². The Morgan fingerprint density at radius 1 is 0.414 bits per heavy atom. The molecule has 1 unspecified atom stereocenters. The highest BCUT2D eigenvalue weighted by Gasteiger charge is 2.51. The van der Waals surface area contributed by atoms with E-state index >= 15 is 0 Å². The average molecular weight is 1500 g/mol. The third-order valence-electron chi connectivity index (χ3n) is 13.7. The monoisotopic (exact) mass is 1490 g/mol. The molecule has 0 spiro atoms. The van der Waals surface area contributed by atoms with Gasteiger partial charge in [-0.3, -0.25) is 25.5 Å². The van der Waals surface area contributed by atoms with Crippen molar-refractivity contribution in [3.63, 3.8) is 0 Å². The number of hydrogen-bond donors (Lipinski definition) is 1. The average Bonchev–Trinajstić information content (AvgIpc) is 0.965. The van der Waals surface area contributed by atoms with Gasteiger partial charge in [-0.25, -0.2) is 0 Å². The molecule has 8 rings (SSSR count). The third kappa shape index (κ3) is 24.3. The van der Waals surface area contributed by atoms with Crippen molar-refractivity contribution >= 4 is 143 Å².